The number of ether oxygens (including phenoxy) is 3. The van der Waals surface area contributed by atoms with E-state index in [1.54, 1.807) is 0 Å². The molecule has 0 saturated heterocycles. The van der Waals surface area contributed by atoms with Crippen LogP contribution in [0.25, 0.3) is 0 Å². The molecule has 0 aliphatic heterocycles. The summed E-state index contributed by atoms with van der Waals surface area (Å²) < 4.78 is 53.6. The third-order valence-electron chi connectivity index (χ3n) is 3.66. The number of carbonyl (C=O) groups excluding carboxylic acids is 2. The minimum absolute atomic E-state index is 0.0823. The first kappa shape index (κ1) is 21.7. The van der Waals surface area contributed by atoms with Gasteiger partial charge in [0.15, 0.2) is 11.5 Å². The lowest BCUT2D eigenvalue weighted by atomic mass is 10.1. The summed E-state index contributed by atoms with van der Waals surface area (Å²) in [6.07, 6.45) is -4.55. The number of hydrogen-bond acceptors (Lipinski definition) is 5. The van der Waals surface area contributed by atoms with Gasteiger partial charge in [-0.2, -0.15) is 13.2 Å². The Labute approximate surface area is 163 Å². The van der Waals surface area contributed by atoms with Crippen LogP contribution in [0.4, 0.5) is 23.7 Å². The number of nitrogens with one attached hydrogen (secondary N) is 3. The first-order valence-corrected chi connectivity index (χ1v) is 8.04. The highest BCUT2D eigenvalue weighted by molar-refractivity contribution is 5.98. The predicted molar refractivity (Wildman–Crippen MR) is 97.2 cm³/mol. The van der Waals surface area contributed by atoms with Gasteiger partial charge < -0.3 is 19.5 Å². The van der Waals surface area contributed by atoms with Gasteiger partial charge in [-0.1, -0.05) is 6.07 Å². The van der Waals surface area contributed by atoms with E-state index in [2.05, 4.69) is 10.7 Å². The van der Waals surface area contributed by atoms with Crippen molar-refractivity contribution < 1.29 is 37.0 Å². The number of rotatable bonds is 5. The molecular formula is C18H18F3N3O5. The van der Waals surface area contributed by atoms with E-state index >= 15 is 0 Å². The molecule has 8 nitrogen and oxygen atoms in total. The van der Waals surface area contributed by atoms with Crippen LogP contribution in [0.5, 0.6) is 17.2 Å². The molecule has 0 aromatic heterocycles. The number of hydrogen-bond donors (Lipinski definition) is 3. The van der Waals surface area contributed by atoms with Crippen LogP contribution in [0.1, 0.15) is 15.9 Å². The summed E-state index contributed by atoms with van der Waals surface area (Å²) in [7, 11) is 4.15. The molecule has 0 fully saturated rings. The predicted octanol–water partition coefficient (Wildman–Crippen LogP) is 3.20. The molecule has 3 amide bonds. The van der Waals surface area contributed by atoms with Gasteiger partial charge in [-0.05, 0) is 30.3 Å². The Bertz CT molecular complexity index is 878. The largest absolute Gasteiger partial charge is 0.493 e. The van der Waals surface area contributed by atoms with Gasteiger partial charge in [0, 0.05) is 11.3 Å². The molecule has 0 spiro atoms. The van der Waals surface area contributed by atoms with Gasteiger partial charge in [-0.3, -0.25) is 10.2 Å². The van der Waals surface area contributed by atoms with Gasteiger partial charge in [0.2, 0.25) is 5.75 Å². The highest BCUT2D eigenvalue weighted by atomic mass is 19.4. The molecule has 0 aliphatic carbocycles. The van der Waals surface area contributed by atoms with Crippen molar-refractivity contribution in [2.75, 3.05) is 26.6 Å². The molecular weight excluding hydrogens is 395 g/mol. The van der Waals surface area contributed by atoms with Crippen LogP contribution in [0, 0.1) is 0 Å². The second-order valence-electron chi connectivity index (χ2n) is 5.53. The van der Waals surface area contributed by atoms with Crippen LogP contribution in [-0.2, 0) is 6.18 Å². The zero-order valence-corrected chi connectivity index (χ0v) is 15.6. The maximum atomic E-state index is 12.7. The van der Waals surface area contributed by atoms with E-state index in [-0.39, 0.29) is 28.5 Å². The molecule has 0 unspecified atom stereocenters. The number of hydrazine groups is 1. The molecule has 0 radical (unpaired) electrons. The second kappa shape index (κ2) is 9.04. The SMILES string of the molecule is COc1cc(C(=O)NNC(=O)Nc2cccc(C(F)(F)F)c2)cc(OC)c1OC. The molecule has 3 N–H and O–H groups in total. The molecule has 0 bridgehead atoms. The summed E-state index contributed by atoms with van der Waals surface area (Å²) in [4.78, 5) is 24.1. The van der Waals surface area contributed by atoms with Crippen LogP contribution in [0.3, 0.4) is 0 Å². The van der Waals surface area contributed by atoms with Crippen LogP contribution < -0.4 is 30.4 Å². The Hall–Kier alpha value is -3.63. The van der Waals surface area contributed by atoms with Gasteiger partial charge in [0.05, 0.1) is 26.9 Å². The first-order chi connectivity index (χ1) is 13.7. The zero-order valence-electron chi connectivity index (χ0n) is 15.6. The number of halogens is 3. The van der Waals surface area contributed by atoms with Crippen molar-refractivity contribution in [2.24, 2.45) is 0 Å². The lowest BCUT2D eigenvalue weighted by Gasteiger charge is -2.14. The number of amides is 3. The Kier molecular flexibility index (Phi) is 6.75. The summed E-state index contributed by atoms with van der Waals surface area (Å²) in [6.45, 7) is 0. The monoisotopic (exact) mass is 413 g/mol. The van der Waals surface area contributed by atoms with Gasteiger partial charge in [-0.25, -0.2) is 10.2 Å². The summed E-state index contributed by atoms with van der Waals surface area (Å²) in [5.74, 6) is 0.0149. The Morgan fingerprint density at radius 3 is 2.03 bits per heavy atom. The maximum absolute atomic E-state index is 12.7. The van der Waals surface area contributed by atoms with Crippen molar-refractivity contribution in [3.8, 4) is 17.2 Å². The first-order valence-electron chi connectivity index (χ1n) is 8.04. The summed E-state index contributed by atoms with van der Waals surface area (Å²) in [5.41, 5.74) is 3.24. The lowest BCUT2D eigenvalue weighted by Crippen LogP contribution is -2.43. The number of carbonyl (C=O) groups is 2. The molecule has 29 heavy (non-hydrogen) atoms. The van der Waals surface area contributed by atoms with Crippen molar-refractivity contribution in [2.45, 2.75) is 6.18 Å². The minimum atomic E-state index is -4.55. The van der Waals surface area contributed by atoms with Gasteiger partial charge in [0.25, 0.3) is 5.91 Å². The lowest BCUT2D eigenvalue weighted by molar-refractivity contribution is -0.137. The van der Waals surface area contributed by atoms with E-state index in [9.17, 15) is 22.8 Å². The van der Waals surface area contributed by atoms with Crippen LogP contribution >= 0.6 is 0 Å². The molecule has 0 aliphatic rings. The van der Waals surface area contributed by atoms with Crippen LogP contribution in [0.2, 0.25) is 0 Å². The van der Waals surface area contributed by atoms with Gasteiger partial charge in [-0.15, -0.1) is 0 Å². The highest BCUT2D eigenvalue weighted by Crippen LogP contribution is 2.38. The Balaban J connectivity index is 2.05. The van der Waals surface area contributed by atoms with Crippen LogP contribution in [0.15, 0.2) is 36.4 Å². The van der Waals surface area contributed by atoms with Crippen molar-refractivity contribution in [3.05, 3.63) is 47.5 Å². The average Bonchev–Trinajstić information content (AvgIpc) is 2.70. The number of benzene rings is 2. The molecule has 0 heterocycles. The minimum Gasteiger partial charge on any atom is -0.493 e. The molecule has 0 atom stereocenters. The zero-order chi connectivity index (χ0) is 21.6. The van der Waals surface area contributed by atoms with E-state index in [1.165, 1.54) is 39.5 Å². The van der Waals surface area contributed by atoms with Crippen molar-refractivity contribution in [1.29, 1.82) is 0 Å². The van der Waals surface area contributed by atoms with E-state index < -0.39 is 23.7 Å². The Morgan fingerprint density at radius 2 is 1.52 bits per heavy atom. The van der Waals surface area contributed by atoms with Crippen molar-refractivity contribution in [1.82, 2.24) is 10.9 Å². The number of anilines is 1. The fraction of sp³-hybridized carbons (Fsp3) is 0.222. The van der Waals surface area contributed by atoms with E-state index in [4.69, 9.17) is 14.2 Å². The van der Waals surface area contributed by atoms with Crippen molar-refractivity contribution >= 4 is 17.6 Å². The van der Waals surface area contributed by atoms with Gasteiger partial charge >= 0.3 is 12.2 Å². The topological polar surface area (TPSA) is 97.9 Å². The molecule has 0 saturated carbocycles. The fourth-order valence-corrected chi connectivity index (χ4v) is 2.33. The second-order valence-corrected chi connectivity index (χ2v) is 5.53. The summed E-state index contributed by atoms with van der Waals surface area (Å²) in [6, 6.07) is 5.84. The van der Waals surface area contributed by atoms with Crippen molar-refractivity contribution in [3.63, 3.8) is 0 Å². The highest BCUT2D eigenvalue weighted by Gasteiger charge is 2.30. The normalized spacial score (nSPS) is 10.7. The third-order valence-corrected chi connectivity index (χ3v) is 3.66. The molecule has 2 aromatic rings. The van der Waals surface area contributed by atoms with Gasteiger partial charge in [0.1, 0.15) is 0 Å². The molecule has 11 heteroatoms. The standard InChI is InChI=1S/C18H18F3N3O5/c1-27-13-7-10(8-14(28-2)15(13)29-3)16(25)23-24-17(26)22-12-6-4-5-11(9-12)18(19,20)21/h4-9H,1-3H3,(H,23,25)(H2,22,24,26). The number of alkyl halides is 3. The fourth-order valence-electron chi connectivity index (χ4n) is 2.33. The van der Waals surface area contributed by atoms with Crippen LogP contribution in [-0.4, -0.2) is 33.3 Å². The Morgan fingerprint density at radius 1 is 0.897 bits per heavy atom. The van der Waals surface area contributed by atoms with E-state index in [0.29, 0.717) is 0 Å². The number of urea groups is 1. The smallest absolute Gasteiger partial charge is 0.416 e. The average molecular weight is 413 g/mol. The third kappa shape index (κ3) is 5.43. The maximum Gasteiger partial charge on any atom is 0.416 e. The van der Waals surface area contributed by atoms with E-state index in [0.717, 1.165) is 18.2 Å². The van der Waals surface area contributed by atoms with E-state index in [1.807, 2.05) is 5.43 Å². The quantitative estimate of drug-likeness (QED) is 0.654. The molecule has 2 aromatic carbocycles. The number of methoxy groups -OCH3 is 3. The summed E-state index contributed by atoms with van der Waals surface area (Å²) in [5, 5.41) is 2.19. The summed E-state index contributed by atoms with van der Waals surface area (Å²) >= 11 is 0. The molecule has 156 valence electrons. The molecule has 2 rings (SSSR count).